The molecule has 3 fully saturated rings. The summed E-state index contributed by atoms with van der Waals surface area (Å²) in [4.78, 5) is 6.18. The number of fused-ring (bicyclic) bond motifs is 2. The number of rotatable bonds is 3. The van der Waals surface area contributed by atoms with Crippen LogP contribution in [0.1, 0.15) is 25.8 Å². The predicted molar refractivity (Wildman–Crippen MR) is 81.0 cm³/mol. The Labute approximate surface area is 136 Å². The Morgan fingerprint density at radius 3 is 2.70 bits per heavy atom. The minimum atomic E-state index is -0.826. The molecule has 0 radical (unpaired) electrons. The molecule has 0 N–H and O–H groups in total. The van der Waals surface area contributed by atoms with Crippen molar-refractivity contribution in [3.05, 3.63) is 35.9 Å². The van der Waals surface area contributed by atoms with Gasteiger partial charge in [0.15, 0.2) is 12.1 Å². The molecule has 6 heteroatoms. The molecular weight excluding hydrogens is 298 g/mol. The van der Waals surface area contributed by atoms with Crippen molar-refractivity contribution >= 4 is 0 Å². The average molecular weight is 321 g/mol. The van der Waals surface area contributed by atoms with Crippen molar-refractivity contribution in [3.8, 4) is 0 Å². The highest BCUT2D eigenvalue weighted by atomic mass is 16.9. The van der Waals surface area contributed by atoms with Gasteiger partial charge in [-0.15, -0.1) is 0 Å². The van der Waals surface area contributed by atoms with Gasteiger partial charge in [-0.05, 0) is 19.4 Å². The second kappa shape index (κ2) is 5.51. The number of hydrogen-bond donors (Lipinski definition) is 0. The van der Waals surface area contributed by atoms with E-state index in [0.717, 1.165) is 13.0 Å². The SMILES string of the molecule is COC1O[C@@]2(CCN(Cc3ccccc3)O2)[C@H]2OC(C)(C)O[C@@H]12. The molecule has 23 heavy (non-hydrogen) atoms. The van der Waals surface area contributed by atoms with Gasteiger partial charge in [0.25, 0.3) is 0 Å². The van der Waals surface area contributed by atoms with Crippen molar-refractivity contribution in [1.29, 1.82) is 0 Å². The third kappa shape index (κ3) is 2.69. The van der Waals surface area contributed by atoms with Gasteiger partial charge in [-0.3, -0.25) is 4.84 Å². The van der Waals surface area contributed by atoms with Crippen LogP contribution in [0.15, 0.2) is 30.3 Å². The Kier molecular flexibility index (Phi) is 3.72. The van der Waals surface area contributed by atoms with E-state index in [-0.39, 0.29) is 12.2 Å². The average Bonchev–Trinajstić information content (AvgIpc) is 3.15. The molecule has 1 aromatic carbocycles. The van der Waals surface area contributed by atoms with Crippen LogP contribution in [-0.2, 0) is 30.3 Å². The predicted octanol–water partition coefficient (Wildman–Crippen LogP) is 2.04. The van der Waals surface area contributed by atoms with Crippen molar-refractivity contribution in [2.75, 3.05) is 13.7 Å². The molecule has 3 aliphatic rings. The lowest BCUT2D eigenvalue weighted by Crippen LogP contribution is -2.43. The van der Waals surface area contributed by atoms with Crippen molar-refractivity contribution in [3.63, 3.8) is 0 Å². The Morgan fingerprint density at radius 2 is 1.96 bits per heavy atom. The Hall–Kier alpha value is -1.02. The minimum absolute atomic E-state index is 0.272. The summed E-state index contributed by atoms with van der Waals surface area (Å²) in [7, 11) is 1.62. The summed E-state index contributed by atoms with van der Waals surface area (Å²) in [6, 6.07) is 10.2. The van der Waals surface area contributed by atoms with E-state index in [0.29, 0.717) is 6.54 Å². The zero-order chi connectivity index (χ0) is 16.1. The van der Waals surface area contributed by atoms with Gasteiger partial charge in [-0.2, -0.15) is 5.06 Å². The summed E-state index contributed by atoms with van der Waals surface area (Å²) < 4.78 is 23.5. The maximum atomic E-state index is 6.18. The molecule has 1 unspecified atom stereocenters. The highest BCUT2D eigenvalue weighted by Crippen LogP contribution is 2.48. The van der Waals surface area contributed by atoms with Crippen LogP contribution in [0.5, 0.6) is 0 Å². The molecule has 4 atom stereocenters. The molecule has 4 rings (SSSR count). The van der Waals surface area contributed by atoms with Crippen molar-refractivity contribution in [2.24, 2.45) is 0 Å². The van der Waals surface area contributed by atoms with Crippen LogP contribution in [0.25, 0.3) is 0 Å². The van der Waals surface area contributed by atoms with Crippen molar-refractivity contribution in [2.45, 2.75) is 56.9 Å². The van der Waals surface area contributed by atoms with Gasteiger partial charge in [0.05, 0.1) is 0 Å². The van der Waals surface area contributed by atoms with Gasteiger partial charge in [0.2, 0.25) is 5.79 Å². The van der Waals surface area contributed by atoms with E-state index in [1.807, 2.05) is 37.1 Å². The number of methoxy groups -OCH3 is 1. The number of hydroxylamine groups is 2. The molecule has 0 saturated carbocycles. The summed E-state index contributed by atoms with van der Waals surface area (Å²) in [6.07, 6.45) is -0.311. The molecule has 1 spiro atoms. The van der Waals surface area contributed by atoms with E-state index in [9.17, 15) is 0 Å². The first-order valence-electron chi connectivity index (χ1n) is 8.06. The first kappa shape index (κ1) is 15.5. The van der Waals surface area contributed by atoms with Crippen LogP contribution in [0.2, 0.25) is 0 Å². The molecule has 3 heterocycles. The Morgan fingerprint density at radius 1 is 1.17 bits per heavy atom. The summed E-state index contributed by atoms with van der Waals surface area (Å²) in [5.74, 6) is -1.48. The van der Waals surface area contributed by atoms with E-state index in [1.54, 1.807) is 7.11 Å². The Bertz CT molecular complexity index is 565. The van der Waals surface area contributed by atoms with Gasteiger partial charge in [0.1, 0.15) is 12.2 Å². The highest BCUT2D eigenvalue weighted by Gasteiger charge is 2.66. The summed E-state index contributed by atoms with van der Waals surface area (Å²) >= 11 is 0. The maximum absolute atomic E-state index is 6.18. The third-order valence-corrected chi connectivity index (χ3v) is 4.57. The lowest BCUT2D eigenvalue weighted by atomic mass is 10.1. The number of hydrogen-bond acceptors (Lipinski definition) is 6. The fourth-order valence-corrected chi connectivity index (χ4v) is 3.60. The zero-order valence-electron chi connectivity index (χ0n) is 13.7. The van der Waals surface area contributed by atoms with Crippen LogP contribution in [0.4, 0.5) is 0 Å². The maximum Gasteiger partial charge on any atom is 0.220 e. The van der Waals surface area contributed by atoms with Crippen LogP contribution in [-0.4, -0.2) is 48.8 Å². The van der Waals surface area contributed by atoms with Crippen LogP contribution in [0, 0.1) is 0 Å². The Balaban J connectivity index is 1.51. The highest BCUT2D eigenvalue weighted by molar-refractivity contribution is 5.14. The summed E-state index contributed by atoms with van der Waals surface area (Å²) in [6.45, 7) is 5.30. The number of nitrogens with zero attached hydrogens (tertiary/aromatic N) is 1. The van der Waals surface area contributed by atoms with E-state index < -0.39 is 17.9 Å². The first-order chi connectivity index (χ1) is 11.0. The molecule has 0 amide bonds. The van der Waals surface area contributed by atoms with Gasteiger partial charge < -0.3 is 18.9 Å². The second-order valence-corrected chi connectivity index (χ2v) is 6.74. The topological polar surface area (TPSA) is 49.4 Å². The lowest BCUT2D eigenvalue weighted by Gasteiger charge is -2.30. The largest absolute Gasteiger partial charge is 0.353 e. The van der Waals surface area contributed by atoms with Gasteiger partial charge in [-0.1, -0.05) is 30.3 Å². The summed E-state index contributed by atoms with van der Waals surface area (Å²) in [5, 5.41) is 1.93. The molecule has 1 aromatic rings. The smallest absolute Gasteiger partial charge is 0.220 e. The molecular formula is C17H23NO5. The molecule has 3 saturated heterocycles. The van der Waals surface area contributed by atoms with Crippen LogP contribution in [0.3, 0.4) is 0 Å². The van der Waals surface area contributed by atoms with E-state index in [2.05, 4.69) is 12.1 Å². The van der Waals surface area contributed by atoms with E-state index >= 15 is 0 Å². The van der Waals surface area contributed by atoms with Crippen molar-refractivity contribution < 1.29 is 23.8 Å². The quantitative estimate of drug-likeness (QED) is 0.849. The molecule has 126 valence electrons. The summed E-state index contributed by atoms with van der Waals surface area (Å²) in [5.41, 5.74) is 1.20. The van der Waals surface area contributed by atoms with Gasteiger partial charge >= 0.3 is 0 Å². The molecule has 6 nitrogen and oxygen atoms in total. The second-order valence-electron chi connectivity index (χ2n) is 6.74. The fraction of sp³-hybridized carbons (Fsp3) is 0.647. The monoisotopic (exact) mass is 321 g/mol. The first-order valence-corrected chi connectivity index (χ1v) is 8.06. The molecule has 3 aliphatic heterocycles. The van der Waals surface area contributed by atoms with Gasteiger partial charge in [0, 0.05) is 26.6 Å². The zero-order valence-corrected chi connectivity index (χ0v) is 13.7. The van der Waals surface area contributed by atoms with Gasteiger partial charge in [-0.25, -0.2) is 0 Å². The van der Waals surface area contributed by atoms with Crippen LogP contribution >= 0.6 is 0 Å². The molecule has 0 bridgehead atoms. The van der Waals surface area contributed by atoms with Crippen LogP contribution < -0.4 is 0 Å². The fourth-order valence-electron chi connectivity index (χ4n) is 3.60. The minimum Gasteiger partial charge on any atom is -0.353 e. The number of benzene rings is 1. The normalized spacial score (nSPS) is 39.2. The standard InChI is InChI=1S/C17H23NO5/c1-16(2)20-13-14(21-16)17(22-15(13)19-3)9-10-18(23-17)11-12-7-5-4-6-8-12/h4-8,13-15H,9-11H2,1-3H3/t13-,14+,15?,17-/m1/s1. The lowest BCUT2D eigenvalue weighted by molar-refractivity contribution is -0.355. The van der Waals surface area contributed by atoms with E-state index in [1.165, 1.54) is 5.56 Å². The number of ether oxygens (including phenoxy) is 4. The van der Waals surface area contributed by atoms with E-state index in [4.69, 9.17) is 23.8 Å². The van der Waals surface area contributed by atoms with Crippen molar-refractivity contribution in [1.82, 2.24) is 5.06 Å². The third-order valence-electron chi connectivity index (χ3n) is 4.57. The molecule has 0 aromatic heterocycles. The molecule has 0 aliphatic carbocycles.